The van der Waals surface area contributed by atoms with Crippen LogP contribution in [0.4, 0.5) is 0 Å². The van der Waals surface area contributed by atoms with E-state index in [1.54, 1.807) is 0 Å². The average Bonchev–Trinajstić information content (AvgIpc) is 2.97. The van der Waals surface area contributed by atoms with Crippen molar-refractivity contribution in [2.24, 2.45) is 23.7 Å². The second-order valence-electron chi connectivity index (χ2n) is 6.61. The summed E-state index contributed by atoms with van der Waals surface area (Å²) in [6.45, 7) is 13.7. The van der Waals surface area contributed by atoms with Crippen LogP contribution in [0.1, 0.15) is 40.0 Å². The Balaban J connectivity index is 1.65. The molecule has 0 bridgehead atoms. The maximum absolute atomic E-state index is 3.49. The van der Waals surface area contributed by atoms with Crippen LogP contribution in [0.2, 0.25) is 0 Å². The van der Waals surface area contributed by atoms with Crippen LogP contribution in [0, 0.1) is 23.7 Å². The molecular weight excluding hydrogens is 208 g/mol. The fraction of sp³-hybridized carbons (Fsp3) is 1.00. The summed E-state index contributed by atoms with van der Waals surface area (Å²) in [5, 5.41) is 3.49. The highest BCUT2D eigenvalue weighted by Crippen LogP contribution is 2.26. The van der Waals surface area contributed by atoms with Crippen LogP contribution in [-0.4, -0.2) is 37.6 Å². The Bertz CT molecular complexity index is 221. The van der Waals surface area contributed by atoms with Crippen LogP contribution in [0.25, 0.3) is 0 Å². The summed E-state index contributed by atoms with van der Waals surface area (Å²) in [6, 6.07) is 0. The number of likely N-dealkylation sites (tertiary alicyclic amines) is 1. The van der Waals surface area contributed by atoms with Gasteiger partial charge >= 0.3 is 0 Å². The Hall–Kier alpha value is -0.0800. The molecule has 3 unspecified atom stereocenters. The average molecular weight is 238 g/mol. The molecule has 0 aromatic rings. The molecule has 0 amide bonds. The van der Waals surface area contributed by atoms with E-state index in [0.717, 1.165) is 23.7 Å². The maximum atomic E-state index is 3.49. The first-order valence-corrected chi connectivity index (χ1v) is 7.60. The molecule has 0 radical (unpaired) electrons. The van der Waals surface area contributed by atoms with Crippen molar-refractivity contribution in [1.29, 1.82) is 0 Å². The van der Waals surface area contributed by atoms with Crippen LogP contribution >= 0.6 is 0 Å². The smallest absolute Gasteiger partial charge is 0.00126 e. The maximum Gasteiger partial charge on any atom is 0.00126 e. The Labute approximate surface area is 107 Å². The van der Waals surface area contributed by atoms with Gasteiger partial charge in [-0.15, -0.1) is 0 Å². The zero-order chi connectivity index (χ0) is 12.3. The van der Waals surface area contributed by atoms with Crippen LogP contribution in [-0.2, 0) is 0 Å². The van der Waals surface area contributed by atoms with Gasteiger partial charge in [0.15, 0.2) is 0 Å². The second kappa shape index (κ2) is 6.19. The van der Waals surface area contributed by atoms with Crippen molar-refractivity contribution in [2.45, 2.75) is 40.0 Å². The molecule has 2 rings (SSSR count). The Kier molecular flexibility index (Phi) is 4.87. The van der Waals surface area contributed by atoms with Crippen LogP contribution < -0.4 is 5.32 Å². The SMILES string of the molecule is CC(C)C1CCN(CCC(C)C2CCNC2)C1. The molecule has 2 aliphatic rings. The monoisotopic (exact) mass is 238 g/mol. The summed E-state index contributed by atoms with van der Waals surface area (Å²) < 4.78 is 0. The fourth-order valence-corrected chi connectivity index (χ4v) is 3.39. The number of nitrogens with one attached hydrogen (secondary N) is 1. The Morgan fingerprint density at radius 1 is 1.18 bits per heavy atom. The first-order chi connectivity index (χ1) is 8.16. The van der Waals surface area contributed by atoms with Crippen LogP contribution in [0.3, 0.4) is 0 Å². The van der Waals surface area contributed by atoms with E-state index in [1.165, 1.54) is 52.0 Å². The summed E-state index contributed by atoms with van der Waals surface area (Å²) in [4.78, 5) is 2.70. The molecule has 100 valence electrons. The van der Waals surface area contributed by atoms with Crippen LogP contribution in [0.5, 0.6) is 0 Å². The molecule has 0 aromatic heterocycles. The predicted octanol–water partition coefficient (Wildman–Crippen LogP) is 2.60. The minimum absolute atomic E-state index is 0.872. The first kappa shape index (κ1) is 13.4. The van der Waals surface area contributed by atoms with Gasteiger partial charge in [-0.1, -0.05) is 20.8 Å². The minimum Gasteiger partial charge on any atom is -0.316 e. The van der Waals surface area contributed by atoms with Gasteiger partial charge in [-0.25, -0.2) is 0 Å². The molecule has 2 aliphatic heterocycles. The number of nitrogens with zero attached hydrogens (tertiary/aromatic N) is 1. The number of hydrogen-bond acceptors (Lipinski definition) is 2. The molecule has 0 spiro atoms. The quantitative estimate of drug-likeness (QED) is 0.792. The topological polar surface area (TPSA) is 15.3 Å². The molecule has 2 fully saturated rings. The minimum atomic E-state index is 0.872. The van der Waals surface area contributed by atoms with Gasteiger partial charge in [-0.2, -0.15) is 0 Å². The van der Waals surface area contributed by atoms with E-state index in [-0.39, 0.29) is 0 Å². The van der Waals surface area contributed by atoms with Crippen molar-refractivity contribution in [3.63, 3.8) is 0 Å². The summed E-state index contributed by atoms with van der Waals surface area (Å²) in [7, 11) is 0. The van der Waals surface area contributed by atoms with Crippen molar-refractivity contribution in [1.82, 2.24) is 10.2 Å². The molecule has 2 heterocycles. The summed E-state index contributed by atoms with van der Waals surface area (Å²) in [5.74, 6) is 3.68. The van der Waals surface area contributed by atoms with Crippen molar-refractivity contribution >= 4 is 0 Å². The highest BCUT2D eigenvalue weighted by Gasteiger charge is 2.26. The molecule has 0 aliphatic carbocycles. The molecule has 17 heavy (non-hydrogen) atoms. The number of rotatable bonds is 5. The van der Waals surface area contributed by atoms with E-state index in [2.05, 4.69) is 31.0 Å². The lowest BCUT2D eigenvalue weighted by Crippen LogP contribution is -2.26. The molecular formula is C15H30N2. The summed E-state index contributed by atoms with van der Waals surface area (Å²) in [5.41, 5.74) is 0. The summed E-state index contributed by atoms with van der Waals surface area (Å²) >= 11 is 0. The molecule has 3 atom stereocenters. The van der Waals surface area contributed by atoms with Gasteiger partial charge in [0, 0.05) is 6.54 Å². The van der Waals surface area contributed by atoms with Gasteiger partial charge in [0.1, 0.15) is 0 Å². The normalized spacial score (nSPS) is 32.5. The van der Waals surface area contributed by atoms with E-state index >= 15 is 0 Å². The molecule has 2 nitrogen and oxygen atoms in total. The lowest BCUT2D eigenvalue weighted by Gasteiger charge is -2.22. The lowest BCUT2D eigenvalue weighted by molar-refractivity contribution is 0.258. The summed E-state index contributed by atoms with van der Waals surface area (Å²) in [6.07, 6.45) is 4.23. The van der Waals surface area contributed by atoms with Gasteiger partial charge in [0.05, 0.1) is 0 Å². The number of hydrogen-bond donors (Lipinski definition) is 1. The Morgan fingerprint density at radius 2 is 2.00 bits per heavy atom. The lowest BCUT2D eigenvalue weighted by atomic mass is 9.90. The standard InChI is InChI=1S/C15H30N2/c1-12(2)15-6-9-17(11-15)8-5-13(3)14-4-7-16-10-14/h12-16H,4-11H2,1-3H3. The predicted molar refractivity (Wildman–Crippen MR) is 74.1 cm³/mol. The van der Waals surface area contributed by atoms with Crippen LogP contribution in [0.15, 0.2) is 0 Å². The third kappa shape index (κ3) is 3.69. The molecule has 0 aromatic carbocycles. The first-order valence-electron chi connectivity index (χ1n) is 7.60. The van der Waals surface area contributed by atoms with Crippen molar-refractivity contribution < 1.29 is 0 Å². The van der Waals surface area contributed by atoms with Gasteiger partial charge < -0.3 is 10.2 Å². The fourth-order valence-electron chi connectivity index (χ4n) is 3.39. The van der Waals surface area contributed by atoms with Crippen molar-refractivity contribution in [3.8, 4) is 0 Å². The highest BCUT2D eigenvalue weighted by atomic mass is 15.1. The highest BCUT2D eigenvalue weighted by molar-refractivity contribution is 4.80. The van der Waals surface area contributed by atoms with E-state index in [0.29, 0.717) is 0 Å². The van der Waals surface area contributed by atoms with Crippen molar-refractivity contribution in [2.75, 3.05) is 32.7 Å². The van der Waals surface area contributed by atoms with E-state index in [4.69, 9.17) is 0 Å². The van der Waals surface area contributed by atoms with E-state index < -0.39 is 0 Å². The molecule has 2 heteroatoms. The largest absolute Gasteiger partial charge is 0.316 e. The zero-order valence-corrected chi connectivity index (χ0v) is 11.9. The molecule has 0 saturated carbocycles. The van der Waals surface area contributed by atoms with Crippen molar-refractivity contribution in [3.05, 3.63) is 0 Å². The third-order valence-corrected chi connectivity index (χ3v) is 5.06. The van der Waals surface area contributed by atoms with E-state index in [1.807, 2.05) is 0 Å². The van der Waals surface area contributed by atoms with E-state index in [9.17, 15) is 0 Å². The van der Waals surface area contributed by atoms with Gasteiger partial charge in [-0.3, -0.25) is 0 Å². The van der Waals surface area contributed by atoms with Gasteiger partial charge in [0.2, 0.25) is 0 Å². The van der Waals surface area contributed by atoms with Gasteiger partial charge in [0.25, 0.3) is 0 Å². The molecule has 1 N–H and O–H groups in total. The zero-order valence-electron chi connectivity index (χ0n) is 11.9. The third-order valence-electron chi connectivity index (χ3n) is 5.06. The van der Waals surface area contributed by atoms with Gasteiger partial charge in [-0.05, 0) is 69.1 Å². The molecule has 2 saturated heterocycles. The second-order valence-corrected chi connectivity index (χ2v) is 6.61. The Morgan fingerprint density at radius 3 is 2.59 bits per heavy atom.